The molecule has 3 aliphatic carbocycles. The molecule has 1 spiro atoms. The molecule has 4 aromatic rings. The summed E-state index contributed by atoms with van der Waals surface area (Å²) in [5, 5.41) is 0. The number of allylic oxidation sites excluding steroid dienone is 4. The molecule has 33 heavy (non-hydrogen) atoms. The van der Waals surface area contributed by atoms with Crippen molar-refractivity contribution in [2.75, 3.05) is 0 Å². The van der Waals surface area contributed by atoms with Gasteiger partial charge < -0.3 is 0 Å². The van der Waals surface area contributed by atoms with Gasteiger partial charge in [0.1, 0.15) is 0 Å². The topological polar surface area (TPSA) is 0 Å². The van der Waals surface area contributed by atoms with Crippen molar-refractivity contribution in [3.63, 3.8) is 0 Å². The van der Waals surface area contributed by atoms with Crippen LogP contribution < -0.4 is 0 Å². The first-order chi connectivity index (χ1) is 16.4. The third kappa shape index (κ3) is 2.64. The predicted molar refractivity (Wildman–Crippen MR) is 140 cm³/mol. The summed E-state index contributed by atoms with van der Waals surface area (Å²) in [5.41, 5.74) is 13.9. The smallest absolute Gasteiger partial charge is 0.0722 e. The van der Waals surface area contributed by atoms with Crippen LogP contribution in [0.2, 0.25) is 0 Å². The predicted octanol–water partition coefficient (Wildman–Crippen LogP) is 8.81. The van der Waals surface area contributed by atoms with E-state index in [9.17, 15) is 0 Å². The molecular weight excluding hydrogens is 396 g/mol. The lowest BCUT2D eigenvalue weighted by molar-refractivity contribution is 0.781. The van der Waals surface area contributed by atoms with E-state index in [0.717, 1.165) is 12.8 Å². The molecule has 0 nitrogen and oxygen atoms in total. The number of fused-ring (bicyclic) bond motifs is 9. The van der Waals surface area contributed by atoms with Crippen molar-refractivity contribution in [1.82, 2.24) is 0 Å². The maximum Gasteiger partial charge on any atom is 0.0722 e. The fraction of sp³-hybridized carbons (Fsp3) is 0.152. The van der Waals surface area contributed by atoms with Gasteiger partial charge in [-0.05, 0) is 74.6 Å². The summed E-state index contributed by atoms with van der Waals surface area (Å²) in [6.45, 7) is 4.00. The molecule has 0 saturated carbocycles. The van der Waals surface area contributed by atoms with Crippen molar-refractivity contribution in [2.24, 2.45) is 0 Å². The van der Waals surface area contributed by atoms with E-state index in [4.69, 9.17) is 0 Å². The van der Waals surface area contributed by atoms with E-state index >= 15 is 0 Å². The molecule has 0 radical (unpaired) electrons. The van der Waals surface area contributed by atoms with Crippen molar-refractivity contribution in [2.45, 2.75) is 32.1 Å². The van der Waals surface area contributed by atoms with Gasteiger partial charge in [-0.3, -0.25) is 0 Å². The Morgan fingerprint density at radius 3 is 2.00 bits per heavy atom. The Morgan fingerprint density at radius 1 is 0.576 bits per heavy atom. The lowest BCUT2D eigenvalue weighted by Gasteiger charge is -2.32. The van der Waals surface area contributed by atoms with Gasteiger partial charge in [0.15, 0.2) is 0 Å². The van der Waals surface area contributed by atoms with Crippen molar-refractivity contribution < 1.29 is 0 Å². The Kier molecular flexibility index (Phi) is 4.69. The second kappa shape index (κ2) is 7.74. The third-order valence-electron chi connectivity index (χ3n) is 7.38. The first kappa shape index (κ1) is 20.0. The maximum atomic E-state index is 2.46. The van der Waals surface area contributed by atoms with Gasteiger partial charge in [0.05, 0.1) is 5.41 Å². The van der Waals surface area contributed by atoms with Crippen molar-refractivity contribution in [1.29, 1.82) is 0 Å². The standard InChI is InChI=1S/C31H22.C2H6/c1-2-10-21(11-3-1)22-18-19-26-25-14-6-9-17-29(25)31(30(26)20-22)27-15-7-4-12-23(27)24-13-5-8-16-28(24)31;1-2/h1-4,6-12,14-20H,5,13H2;1-2H3. The van der Waals surface area contributed by atoms with E-state index < -0.39 is 0 Å². The molecule has 0 saturated heterocycles. The average molecular weight is 425 g/mol. The zero-order chi connectivity index (χ0) is 22.4. The van der Waals surface area contributed by atoms with Gasteiger partial charge in [-0.2, -0.15) is 0 Å². The fourth-order valence-electron chi connectivity index (χ4n) is 6.18. The second-order valence-electron chi connectivity index (χ2n) is 8.80. The summed E-state index contributed by atoms with van der Waals surface area (Å²) < 4.78 is 0. The van der Waals surface area contributed by atoms with Crippen LogP contribution in [0.1, 0.15) is 48.9 Å². The molecule has 1 atom stereocenters. The SMILES string of the molecule is C1=CC2=C(CC1)c1ccccc1C21c2ccccc2-c2ccc(-c3ccccc3)cc21.CC. The Hall–Kier alpha value is -3.64. The van der Waals surface area contributed by atoms with Gasteiger partial charge >= 0.3 is 0 Å². The number of hydrogen-bond acceptors (Lipinski definition) is 0. The maximum absolute atomic E-state index is 2.46. The Morgan fingerprint density at radius 2 is 1.21 bits per heavy atom. The van der Waals surface area contributed by atoms with Crippen molar-refractivity contribution in [3.05, 3.63) is 137 Å². The monoisotopic (exact) mass is 424 g/mol. The van der Waals surface area contributed by atoms with Crippen molar-refractivity contribution in [3.8, 4) is 22.3 Å². The molecule has 0 heterocycles. The minimum Gasteiger partial charge on any atom is -0.0839 e. The fourth-order valence-corrected chi connectivity index (χ4v) is 6.18. The van der Waals surface area contributed by atoms with Crippen LogP contribution in [0.3, 0.4) is 0 Å². The summed E-state index contributed by atoms with van der Waals surface area (Å²) in [6.07, 6.45) is 7.04. The van der Waals surface area contributed by atoms with Crippen LogP contribution >= 0.6 is 0 Å². The molecule has 0 amide bonds. The molecule has 3 aliphatic rings. The minimum atomic E-state index is -0.209. The second-order valence-corrected chi connectivity index (χ2v) is 8.80. The van der Waals surface area contributed by atoms with Gasteiger partial charge in [-0.1, -0.05) is 117 Å². The van der Waals surface area contributed by atoms with Gasteiger partial charge in [0.25, 0.3) is 0 Å². The van der Waals surface area contributed by atoms with Crippen LogP contribution in [-0.2, 0) is 5.41 Å². The van der Waals surface area contributed by atoms with E-state index in [2.05, 4.69) is 109 Å². The van der Waals surface area contributed by atoms with Gasteiger partial charge in [0, 0.05) is 0 Å². The minimum absolute atomic E-state index is 0.209. The zero-order valence-corrected chi connectivity index (χ0v) is 19.3. The van der Waals surface area contributed by atoms with E-state index in [1.54, 1.807) is 0 Å². The average Bonchev–Trinajstić information content (AvgIpc) is 3.37. The van der Waals surface area contributed by atoms with Gasteiger partial charge in [0.2, 0.25) is 0 Å². The van der Waals surface area contributed by atoms with Crippen molar-refractivity contribution >= 4 is 5.57 Å². The normalized spacial score (nSPS) is 18.8. The molecule has 7 rings (SSSR count). The van der Waals surface area contributed by atoms with Gasteiger partial charge in [-0.15, -0.1) is 0 Å². The Labute approximate surface area is 196 Å². The highest BCUT2D eigenvalue weighted by atomic mass is 14.5. The quantitative estimate of drug-likeness (QED) is 0.286. The van der Waals surface area contributed by atoms with E-state index in [0.29, 0.717) is 0 Å². The molecular formula is C33H28. The number of hydrogen-bond donors (Lipinski definition) is 0. The zero-order valence-electron chi connectivity index (χ0n) is 19.3. The van der Waals surface area contributed by atoms with E-state index in [1.807, 2.05) is 13.8 Å². The molecule has 0 aromatic heterocycles. The lowest BCUT2D eigenvalue weighted by atomic mass is 9.69. The molecule has 0 fully saturated rings. The summed E-state index contributed by atoms with van der Waals surface area (Å²) in [7, 11) is 0. The number of rotatable bonds is 1. The molecule has 0 heteroatoms. The van der Waals surface area contributed by atoms with E-state index in [1.165, 1.54) is 55.7 Å². The van der Waals surface area contributed by atoms with Gasteiger partial charge in [-0.25, -0.2) is 0 Å². The van der Waals surface area contributed by atoms with Crippen LogP contribution in [0.25, 0.3) is 27.8 Å². The largest absolute Gasteiger partial charge is 0.0839 e. The first-order valence-corrected chi connectivity index (χ1v) is 12.2. The molecule has 1 unspecified atom stereocenters. The molecule has 0 aliphatic heterocycles. The third-order valence-corrected chi connectivity index (χ3v) is 7.38. The molecule has 0 bridgehead atoms. The Bertz CT molecular complexity index is 1420. The van der Waals surface area contributed by atoms with Crippen LogP contribution in [0.15, 0.2) is 115 Å². The molecule has 4 aromatic carbocycles. The van der Waals surface area contributed by atoms with E-state index in [-0.39, 0.29) is 5.41 Å². The Balaban J connectivity index is 0.00000101. The summed E-state index contributed by atoms with van der Waals surface area (Å²) in [4.78, 5) is 0. The highest BCUT2D eigenvalue weighted by Gasteiger charge is 2.52. The first-order valence-electron chi connectivity index (χ1n) is 12.2. The van der Waals surface area contributed by atoms with Crippen LogP contribution in [0, 0.1) is 0 Å². The summed E-state index contributed by atoms with van der Waals surface area (Å²) in [5.74, 6) is 0. The molecule has 160 valence electrons. The highest BCUT2D eigenvalue weighted by molar-refractivity contribution is 5.96. The lowest BCUT2D eigenvalue weighted by Crippen LogP contribution is -2.27. The molecule has 0 N–H and O–H groups in total. The number of benzene rings is 4. The van der Waals surface area contributed by atoms with Crippen LogP contribution in [0.5, 0.6) is 0 Å². The highest BCUT2D eigenvalue weighted by Crippen LogP contribution is 2.63. The van der Waals surface area contributed by atoms with Crippen LogP contribution in [-0.4, -0.2) is 0 Å². The summed E-state index contributed by atoms with van der Waals surface area (Å²) >= 11 is 0. The van der Waals surface area contributed by atoms with Crippen LogP contribution in [0.4, 0.5) is 0 Å². The summed E-state index contributed by atoms with van der Waals surface area (Å²) in [6, 6.07) is 36.0.